The molecular weight excluding hydrogens is 402 g/mol. The topological polar surface area (TPSA) is 49.3 Å². The molecule has 0 aliphatic rings. The van der Waals surface area contributed by atoms with Gasteiger partial charge in [0.15, 0.2) is 0 Å². The summed E-state index contributed by atoms with van der Waals surface area (Å²) >= 11 is 1.43. The van der Waals surface area contributed by atoms with Crippen molar-refractivity contribution in [3.05, 3.63) is 144 Å². The van der Waals surface area contributed by atoms with Gasteiger partial charge in [0.2, 0.25) is 0 Å². The molecule has 2 N–H and O–H groups in total. The van der Waals surface area contributed by atoms with Gasteiger partial charge in [0.25, 0.3) is 0 Å². The van der Waals surface area contributed by atoms with Crippen LogP contribution in [0.15, 0.2) is 121 Å². The van der Waals surface area contributed by atoms with Crippen LogP contribution in [0, 0.1) is 0 Å². The van der Waals surface area contributed by atoms with Crippen LogP contribution in [0.25, 0.3) is 0 Å². The Morgan fingerprint density at radius 3 is 1.35 bits per heavy atom. The highest BCUT2D eigenvalue weighted by atomic mass is 32.2. The van der Waals surface area contributed by atoms with E-state index in [1.807, 2.05) is 84.9 Å². The van der Waals surface area contributed by atoms with E-state index in [4.69, 9.17) is 0 Å². The summed E-state index contributed by atoms with van der Waals surface area (Å²) in [6.45, 7) is 0. The Balaban J connectivity index is 1.85. The fourth-order valence-corrected chi connectivity index (χ4v) is 5.04. The molecule has 4 aromatic carbocycles. The number of carboxylic acid groups (broad SMARTS) is 1. The highest BCUT2D eigenvalue weighted by Gasteiger charge is 2.38. The Bertz CT molecular complexity index is 1010. The molecule has 0 aromatic heterocycles. The Morgan fingerprint density at radius 2 is 1.00 bits per heavy atom. The fraction of sp³-hybridized carbons (Fsp3) is 0.0741. The van der Waals surface area contributed by atoms with Crippen molar-refractivity contribution in [2.75, 3.05) is 0 Å². The molecule has 0 saturated carbocycles. The zero-order valence-electron chi connectivity index (χ0n) is 16.9. The third kappa shape index (κ3) is 4.41. The smallest absolute Gasteiger partial charge is 0.326 e. The van der Waals surface area contributed by atoms with Crippen molar-refractivity contribution in [1.29, 1.82) is 0 Å². The van der Waals surface area contributed by atoms with Crippen LogP contribution in [0.1, 0.15) is 28.3 Å². The molecule has 4 heteroatoms. The molecule has 0 amide bonds. The largest absolute Gasteiger partial charge is 0.480 e. The molecular formula is C27H23NO2S. The van der Waals surface area contributed by atoms with E-state index < -0.39 is 16.8 Å². The summed E-state index contributed by atoms with van der Waals surface area (Å²) in [5.74, 6) is -0.915. The maximum Gasteiger partial charge on any atom is 0.326 e. The summed E-state index contributed by atoms with van der Waals surface area (Å²) in [7, 11) is 0. The van der Waals surface area contributed by atoms with Gasteiger partial charge in [-0.05, 0) is 22.3 Å². The average molecular weight is 426 g/mol. The van der Waals surface area contributed by atoms with E-state index in [2.05, 4.69) is 41.1 Å². The Hall–Kier alpha value is -3.34. The van der Waals surface area contributed by atoms with Crippen LogP contribution in [0.2, 0.25) is 0 Å². The summed E-state index contributed by atoms with van der Waals surface area (Å²) < 4.78 is 2.66. The molecule has 0 spiro atoms. The van der Waals surface area contributed by atoms with E-state index >= 15 is 0 Å². The Labute approximate surface area is 186 Å². The van der Waals surface area contributed by atoms with Crippen molar-refractivity contribution < 1.29 is 9.90 Å². The van der Waals surface area contributed by atoms with Gasteiger partial charge in [-0.3, -0.25) is 4.79 Å². The maximum atomic E-state index is 12.2. The van der Waals surface area contributed by atoms with Crippen LogP contribution in [-0.4, -0.2) is 11.1 Å². The summed E-state index contributed by atoms with van der Waals surface area (Å²) in [6.07, 6.45) is 0. The first-order valence-electron chi connectivity index (χ1n) is 10.1. The summed E-state index contributed by atoms with van der Waals surface area (Å²) in [6, 6.07) is 39.0. The van der Waals surface area contributed by atoms with Gasteiger partial charge < -0.3 is 5.11 Å². The van der Waals surface area contributed by atoms with Crippen molar-refractivity contribution in [2.24, 2.45) is 0 Å². The molecule has 0 bridgehead atoms. The Morgan fingerprint density at radius 1 is 0.645 bits per heavy atom. The lowest BCUT2D eigenvalue weighted by Gasteiger charge is -2.36. The number of carboxylic acids is 1. The summed E-state index contributed by atoms with van der Waals surface area (Å²) in [5.41, 5.74) is 3.93. The molecule has 0 unspecified atom stereocenters. The van der Waals surface area contributed by atoms with Crippen molar-refractivity contribution in [3.8, 4) is 0 Å². The molecule has 31 heavy (non-hydrogen) atoms. The number of benzene rings is 4. The average Bonchev–Trinajstić information content (AvgIpc) is 2.84. The lowest BCUT2D eigenvalue weighted by atomic mass is 9.84. The van der Waals surface area contributed by atoms with Crippen LogP contribution in [-0.2, 0) is 9.54 Å². The van der Waals surface area contributed by atoms with Gasteiger partial charge in [-0.25, -0.2) is 4.72 Å². The summed E-state index contributed by atoms with van der Waals surface area (Å²) in [5, 5.41) is 9.96. The number of aliphatic carboxylic acids is 1. The van der Waals surface area contributed by atoms with Crippen LogP contribution in [0.4, 0.5) is 0 Å². The zero-order valence-corrected chi connectivity index (χ0v) is 17.7. The van der Waals surface area contributed by atoms with Gasteiger partial charge in [-0.1, -0.05) is 133 Å². The van der Waals surface area contributed by atoms with Gasteiger partial charge >= 0.3 is 5.97 Å². The Kier molecular flexibility index (Phi) is 6.51. The molecule has 1 atom stereocenters. The minimum atomic E-state index is -0.915. The van der Waals surface area contributed by atoms with Crippen molar-refractivity contribution in [3.63, 3.8) is 0 Å². The van der Waals surface area contributed by atoms with Crippen LogP contribution < -0.4 is 4.72 Å². The van der Waals surface area contributed by atoms with Crippen LogP contribution in [0.5, 0.6) is 0 Å². The first-order chi connectivity index (χ1) is 15.2. The third-order valence-corrected chi connectivity index (χ3v) is 6.62. The fourth-order valence-electron chi connectivity index (χ4n) is 3.75. The third-order valence-electron chi connectivity index (χ3n) is 5.25. The molecule has 0 aliphatic carbocycles. The molecule has 0 fully saturated rings. The SMILES string of the molecule is O=C(O)[C@H](NSC(c1ccccc1)(c1ccccc1)c1ccccc1)c1ccccc1. The second kappa shape index (κ2) is 9.65. The molecule has 3 nitrogen and oxygen atoms in total. The second-order valence-corrected chi connectivity index (χ2v) is 8.23. The van der Waals surface area contributed by atoms with Crippen molar-refractivity contribution >= 4 is 17.9 Å². The maximum absolute atomic E-state index is 12.2. The monoisotopic (exact) mass is 425 g/mol. The molecule has 154 valence electrons. The lowest BCUT2D eigenvalue weighted by Crippen LogP contribution is -2.33. The molecule has 0 radical (unpaired) electrons. The minimum absolute atomic E-state index is 0.633. The van der Waals surface area contributed by atoms with Crippen LogP contribution >= 0.6 is 11.9 Å². The number of carbonyl (C=O) groups is 1. The van der Waals surface area contributed by atoms with E-state index in [9.17, 15) is 9.90 Å². The predicted octanol–water partition coefficient (Wildman–Crippen LogP) is 6.04. The van der Waals surface area contributed by atoms with E-state index in [0.717, 1.165) is 16.7 Å². The van der Waals surface area contributed by atoms with E-state index in [1.54, 1.807) is 0 Å². The lowest BCUT2D eigenvalue weighted by molar-refractivity contribution is -0.139. The standard InChI is InChI=1S/C27H23NO2S/c29-26(30)25(21-13-5-1-6-14-21)28-31-27(22-15-7-2-8-16-22,23-17-9-3-10-18-23)24-19-11-4-12-20-24/h1-20,25,28H,(H,29,30)/t25-/m1/s1. The molecule has 4 aromatic rings. The van der Waals surface area contributed by atoms with Crippen molar-refractivity contribution in [1.82, 2.24) is 4.72 Å². The van der Waals surface area contributed by atoms with E-state index in [0.29, 0.717) is 5.56 Å². The molecule has 0 heterocycles. The van der Waals surface area contributed by atoms with Gasteiger partial charge in [-0.2, -0.15) is 0 Å². The van der Waals surface area contributed by atoms with E-state index in [1.165, 1.54) is 11.9 Å². The van der Waals surface area contributed by atoms with Gasteiger partial charge in [0, 0.05) is 0 Å². The molecule has 0 saturated heterocycles. The normalized spacial score (nSPS) is 12.3. The number of nitrogens with one attached hydrogen (secondary N) is 1. The quantitative estimate of drug-likeness (QED) is 0.267. The highest BCUT2D eigenvalue weighted by molar-refractivity contribution is 7.98. The number of rotatable bonds is 8. The van der Waals surface area contributed by atoms with Gasteiger partial charge in [0.1, 0.15) is 10.8 Å². The van der Waals surface area contributed by atoms with Crippen LogP contribution in [0.3, 0.4) is 0 Å². The van der Waals surface area contributed by atoms with Gasteiger partial charge in [0.05, 0.1) is 0 Å². The van der Waals surface area contributed by atoms with Gasteiger partial charge in [-0.15, -0.1) is 0 Å². The minimum Gasteiger partial charge on any atom is -0.480 e. The predicted molar refractivity (Wildman–Crippen MR) is 127 cm³/mol. The molecule has 4 rings (SSSR count). The summed E-state index contributed by atoms with van der Waals surface area (Å²) in [4.78, 5) is 12.2. The zero-order chi connectivity index (χ0) is 21.5. The first-order valence-corrected chi connectivity index (χ1v) is 10.9. The number of hydrogen-bond donors (Lipinski definition) is 2. The highest BCUT2D eigenvalue weighted by Crippen LogP contribution is 2.47. The number of hydrogen-bond acceptors (Lipinski definition) is 3. The first kappa shape index (κ1) is 20.9. The van der Waals surface area contributed by atoms with E-state index in [-0.39, 0.29) is 0 Å². The molecule has 0 aliphatic heterocycles. The second-order valence-electron chi connectivity index (χ2n) is 7.18. The van der Waals surface area contributed by atoms with Crippen molar-refractivity contribution in [2.45, 2.75) is 10.8 Å².